The van der Waals surface area contributed by atoms with Gasteiger partial charge in [-0.05, 0) is 24.3 Å². The summed E-state index contributed by atoms with van der Waals surface area (Å²) in [5.74, 6) is -0.129. The largest absolute Gasteiger partial charge is 0.303 e. The molecule has 1 aromatic rings. The molecule has 1 aromatic carbocycles. The van der Waals surface area contributed by atoms with Crippen molar-refractivity contribution in [2.24, 2.45) is 5.10 Å². The molecule has 0 atom stereocenters. The normalized spacial score (nSPS) is 10.5. The van der Waals surface area contributed by atoms with E-state index in [1.54, 1.807) is 43.4 Å². The van der Waals surface area contributed by atoms with Crippen molar-refractivity contribution in [2.45, 2.75) is 0 Å². The summed E-state index contributed by atoms with van der Waals surface area (Å²) in [5.41, 5.74) is 0.583. The van der Waals surface area contributed by atoms with Crippen LogP contribution >= 0.6 is 11.6 Å². The van der Waals surface area contributed by atoms with Gasteiger partial charge in [-0.15, -0.1) is 0 Å². The summed E-state index contributed by atoms with van der Waals surface area (Å²) in [5, 5.41) is 6.03. The molecule has 0 aromatic heterocycles. The Labute approximate surface area is 88.0 Å². The van der Waals surface area contributed by atoms with E-state index < -0.39 is 0 Å². The third-order valence-corrected chi connectivity index (χ3v) is 1.79. The molecule has 0 fully saturated rings. The van der Waals surface area contributed by atoms with E-state index in [1.807, 2.05) is 0 Å². The Balaban J connectivity index is 2.75. The van der Waals surface area contributed by atoms with E-state index in [4.69, 9.17) is 11.6 Å². The number of carbonyl (C=O) groups is 1. The fourth-order valence-corrected chi connectivity index (χ4v) is 0.983. The monoisotopic (exact) mass is 210 g/mol. The van der Waals surface area contributed by atoms with E-state index in [1.165, 1.54) is 6.21 Å². The molecule has 0 bridgehead atoms. The van der Waals surface area contributed by atoms with Gasteiger partial charge >= 0.3 is 0 Å². The summed E-state index contributed by atoms with van der Waals surface area (Å²) in [6, 6.07) is 6.70. The van der Waals surface area contributed by atoms with Gasteiger partial charge in [0, 0.05) is 24.7 Å². The van der Waals surface area contributed by atoms with Gasteiger partial charge in [-0.25, -0.2) is 0 Å². The Morgan fingerprint density at radius 3 is 2.43 bits per heavy atom. The van der Waals surface area contributed by atoms with Crippen LogP contribution in [0.2, 0.25) is 5.02 Å². The Morgan fingerprint density at radius 2 is 1.93 bits per heavy atom. The van der Waals surface area contributed by atoms with Gasteiger partial charge < -0.3 is 5.01 Å². The van der Waals surface area contributed by atoms with Crippen LogP contribution < -0.4 is 0 Å². The van der Waals surface area contributed by atoms with E-state index in [2.05, 4.69) is 5.10 Å². The number of ketones is 1. The second-order valence-corrected chi connectivity index (χ2v) is 3.40. The van der Waals surface area contributed by atoms with Crippen molar-refractivity contribution in [3.63, 3.8) is 0 Å². The fourth-order valence-electron chi connectivity index (χ4n) is 0.857. The van der Waals surface area contributed by atoms with Crippen molar-refractivity contribution in [2.75, 3.05) is 14.1 Å². The van der Waals surface area contributed by atoms with Crippen LogP contribution in [0.15, 0.2) is 29.4 Å². The first-order valence-electron chi connectivity index (χ1n) is 4.11. The van der Waals surface area contributed by atoms with Gasteiger partial charge in [0.1, 0.15) is 0 Å². The minimum Gasteiger partial charge on any atom is -0.303 e. The van der Waals surface area contributed by atoms with Crippen molar-refractivity contribution in [1.29, 1.82) is 0 Å². The van der Waals surface area contributed by atoms with E-state index in [-0.39, 0.29) is 5.78 Å². The zero-order valence-electron chi connectivity index (χ0n) is 8.07. The van der Waals surface area contributed by atoms with Crippen LogP contribution in [0.25, 0.3) is 0 Å². The van der Waals surface area contributed by atoms with Crippen LogP contribution in [0.4, 0.5) is 0 Å². The number of nitrogens with zero attached hydrogens (tertiary/aromatic N) is 2. The van der Waals surface area contributed by atoms with Crippen molar-refractivity contribution in [1.82, 2.24) is 5.01 Å². The second-order valence-electron chi connectivity index (χ2n) is 2.96. The molecule has 0 amide bonds. The molecule has 0 unspecified atom stereocenters. The van der Waals surface area contributed by atoms with Gasteiger partial charge in [-0.1, -0.05) is 11.6 Å². The first-order chi connectivity index (χ1) is 6.59. The highest BCUT2D eigenvalue weighted by atomic mass is 35.5. The average Bonchev–Trinajstić information content (AvgIpc) is 2.15. The van der Waals surface area contributed by atoms with Crippen molar-refractivity contribution >= 4 is 23.6 Å². The lowest BCUT2D eigenvalue weighted by molar-refractivity contribution is 0.106. The van der Waals surface area contributed by atoms with E-state index >= 15 is 0 Å². The van der Waals surface area contributed by atoms with Crippen LogP contribution in [0.5, 0.6) is 0 Å². The maximum atomic E-state index is 11.4. The van der Waals surface area contributed by atoms with Crippen LogP contribution in [0.3, 0.4) is 0 Å². The first-order valence-corrected chi connectivity index (χ1v) is 4.48. The van der Waals surface area contributed by atoms with Gasteiger partial charge in [0.2, 0.25) is 5.78 Å². The minimum atomic E-state index is -0.129. The van der Waals surface area contributed by atoms with Gasteiger partial charge in [0.25, 0.3) is 0 Å². The zero-order valence-corrected chi connectivity index (χ0v) is 8.82. The molecule has 1 rings (SSSR count). The molecule has 0 aliphatic rings. The molecule has 0 heterocycles. The minimum absolute atomic E-state index is 0.129. The molecule has 0 saturated carbocycles. The summed E-state index contributed by atoms with van der Waals surface area (Å²) in [6.07, 6.45) is 1.28. The van der Waals surface area contributed by atoms with E-state index in [0.29, 0.717) is 10.6 Å². The zero-order chi connectivity index (χ0) is 10.6. The lowest BCUT2D eigenvalue weighted by Crippen LogP contribution is -2.07. The number of rotatable bonds is 3. The lowest BCUT2D eigenvalue weighted by Gasteiger charge is -2.01. The van der Waals surface area contributed by atoms with Crippen LogP contribution in [-0.4, -0.2) is 31.1 Å². The molecule has 0 spiro atoms. The quantitative estimate of drug-likeness (QED) is 0.435. The smallest absolute Gasteiger partial charge is 0.205 e. The van der Waals surface area contributed by atoms with E-state index in [0.717, 1.165) is 0 Å². The molecule has 74 valence electrons. The molecule has 4 heteroatoms. The van der Waals surface area contributed by atoms with Crippen LogP contribution in [-0.2, 0) is 0 Å². The number of hydrazone groups is 1. The highest BCUT2D eigenvalue weighted by Gasteiger charge is 2.01. The summed E-state index contributed by atoms with van der Waals surface area (Å²) < 4.78 is 0. The number of Topliss-reactive ketones (excluding diaryl/α,β-unsaturated/α-hetero) is 1. The highest BCUT2D eigenvalue weighted by Crippen LogP contribution is 2.09. The molecule has 0 N–H and O–H groups in total. The molecule has 14 heavy (non-hydrogen) atoms. The molecule has 0 aliphatic carbocycles. The molecule has 0 aliphatic heterocycles. The molecule has 0 radical (unpaired) electrons. The maximum Gasteiger partial charge on any atom is 0.205 e. The SMILES string of the molecule is CN(C)/N=C/C(=O)c1ccc(Cl)cc1. The molecule has 3 nitrogen and oxygen atoms in total. The standard InChI is InChI=1S/C10H11ClN2O/c1-13(2)12-7-10(14)8-3-5-9(11)6-4-8/h3-7H,1-2H3/b12-7+. The Kier molecular flexibility index (Phi) is 3.65. The summed E-state index contributed by atoms with van der Waals surface area (Å²) in [4.78, 5) is 11.4. The first kappa shape index (κ1) is 10.7. The van der Waals surface area contributed by atoms with Crippen molar-refractivity contribution in [3.05, 3.63) is 34.9 Å². The summed E-state index contributed by atoms with van der Waals surface area (Å²) >= 11 is 5.69. The maximum absolute atomic E-state index is 11.4. The molecule has 0 saturated heterocycles. The third-order valence-electron chi connectivity index (χ3n) is 1.53. The number of benzene rings is 1. The van der Waals surface area contributed by atoms with Crippen molar-refractivity contribution in [3.8, 4) is 0 Å². The van der Waals surface area contributed by atoms with Crippen LogP contribution in [0.1, 0.15) is 10.4 Å². The van der Waals surface area contributed by atoms with Gasteiger partial charge in [-0.3, -0.25) is 4.79 Å². The van der Waals surface area contributed by atoms with Gasteiger partial charge in [0.05, 0.1) is 6.21 Å². The Bertz CT molecular complexity index is 344. The Hall–Kier alpha value is -1.35. The fraction of sp³-hybridized carbons (Fsp3) is 0.200. The topological polar surface area (TPSA) is 32.7 Å². The van der Waals surface area contributed by atoms with Crippen LogP contribution in [0, 0.1) is 0 Å². The number of halogens is 1. The highest BCUT2D eigenvalue weighted by molar-refractivity contribution is 6.35. The third kappa shape index (κ3) is 3.18. The molecular weight excluding hydrogens is 200 g/mol. The second kappa shape index (κ2) is 4.77. The number of hydrogen-bond acceptors (Lipinski definition) is 3. The summed E-state index contributed by atoms with van der Waals surface area (Å²) in [7, 11) is 3.51. The summed E-state index contributed by atoms with van der Waals surface area (Å²) in [6.45, 7) is 0. The Morgan fingerprint density at radius 1 is 1.36 bits per heavy atom. The predicted molar refractivity (Wildman–Crippen MR) is 58.0 cm³/mol. The predicted octanol–water partition coefficient (Wildman–Crippen LogP) is 2.07. The molecular formula is C10H11ClN2O. The average molecular weight is 211 g/mol. The van der Waals surface area contributed by atoms with E-state index in [9.17, 15) is 4.79 Å². The van der Waals surface area contributed by atoms with Gasteiger partial charge in [-0.2, -0.15) is 5.10 Å². The van der Waals surface area contributed by atoms with Crippen molar-refractivity contribution < 1.29 is 4.79 Å². The number of hydrogen-bond donors (Lipinski definition) is 0. The lowest BCUT2D eigenvalue weighted by atomic mass is 10.1. The number of carbonyl (C=O) groups excluding carboxylic acids is 1. The van der Waals surface area contributed by atoms with Gasteiger partial charge in [0.15, 0.2) is 0 Å².